The molecule has 0 radical (unpaired) electrons. The molecule has 0 amide bonds. The highest BCUT2D eigenvalue weighted by Gasteiger charge is 2.15. The number of phenolic OH excluding ortho intramolecular Hbond substituents is 1. The molecule has 0 atom stereocenters. The molecule has 1 aromatic heterocycles. The van der Waals surface area contributed by atoms with E-state index in [1.165, 1.54) is 0 Å². The number of hydrogen-bond acceptors (Lipinski definition) is 5. The zero-order valence-electron chi connectivity index (χ0n) is 12.5. The molecule has 0 aliphatic carbocycles. The Hall–Kier alpha value is -2.11. The fraction of sp³-hybridized carbons (Fsp3) is 0.353. The summed E-state index contributed by atoms with van der Waals surface area (Å²) >= 11 is 0. The average Bonchev–Trinajstić information content (AvgIpc) is 2.48. The van der Waals surface area contributed by atoms with Crippen molar-refractivity contribution in [3.05, 3.63) is 53.9 Å². The second-order valence-electron chi connectivity index (χ2n) is 5.64. The molecule has 1 aromatic carbocycles. The van der Waals surface area contributed by atoms with Gasteiger partial charge < -0.3 is 20.5 Å². The smallest absolute Gasteiger partial charge is 0.123 e. The molecular weight excluding hydrogens is 278 g/mol. The summed E-state index contributed by atoms with van der Waals surface area (Å²) in [6, 6.07) is 9.21. The summed E-state index contributed by atoms with van der Waals surface area (Å²) in [7, 11) is 0. The lowest BCUT2D eigenvalue weighted by Crippen LogP contribution is -2.47. The summed E-state index contributed by atoms with van der Waals surface area (Å²) in [6.07, 6.45) is 3.51. The molecule has 22 heavy (non-hydrogen) atoms. The van der Waals surface area contributed by atoms with E-state index < -0.39 is 0 Å². The lowest BCUT2D eigenvalue weighted by Gasteiger charge is -2.27. The van der Waals surface area contributed by atoms with E-state index in [1.54, 1.807) is 24.5 Å². The number of benzene rings is 1. The maximum Gasteiger partial charge on any atom is 0.123 e. The third kappa shape index (κ3) is 4.19. The van der Waals surface area contributed by atoms with Crippen LogP contribution in [0.1, 0.15) is 11.1 Å². The number of ether oxygens (including phenoxy) is 1. The maximum atomic E-state index is 9.83. The van der Waals surface area contributed by atoms with Gasteiger partial charge in [-0.15, -0.1) is 0 Å². The topological polar surface area (TPSA) is 66.4 Å². The summed E-state index contributed by atoms with van der Waals surface area (Å²) in [6.45, 7) is 4.35. The predicted molar refractivity (Wildman–Crippen MR) is 84.7 cm³/mol. The van der Waals surface area contributed by atoms with Crippen molar-refractivity contribution in [2.45, 2.75) is 13.2 Å². The van der Waals surface area contributed by atoms with Crippen molar-refractivity contribution in [3.8, 4) is 11.5 Å². The lowest BCUT2D eigenvalue weighted by atomic mass is 10.0. The molecule has 1 aliphatic heterocycles. The minimum Gasteiger partial charge on any atom is -0.508 e. The van der Waals surface area contributed by atoms with E-state index in [0.717, 1.165) is 43.2 Å². The van der Waals surface area contributed by atoms with Gasteiger partial charge >= 0.3 is 0 Å². The van der Waals surface area contributed by atoms with Gasteiger partial charge in [0.2, 0.25) is 0 Å². The van der Waals surface area contributed by atoms with Crippen LogP contribution in [0.5, 0.6) is 11.5 Å². The number of pyridine rings is 1. The molecule has 1 aliphatic rings. The zero-order chi connectivity index (χ0) is 15.2. The molecule has 1 fully saturated rings. The molecule has 1 saturated heterocycles. The van der Waals surface area contributed by atoms with Crippen LogP contribution in [0.25, 0.3) is 0 Å². The Morgan fingerprint density at radius 2 is 2.18 bits per heavy atom. The minimum absolute atomic E-state index is 0.228. The second kappa shape index (κ2) is 7.24. The van der Waals surface area contributed by atoms with E-state index in [0.29, 0.717) is 12.4 Å². The summed E-state index contributed by atoms with van der Waals surface area (Å²) in [4.78, 5) is 4.06. The molecule has 3 N–H and O–H groups in total. The fourth-order valence-electron chi connectivity index (χ4n) is 2.39. The van der Waals surface area contributed by atoms with Gasteiger partial charge in [0.15, 0.2) is 0 Å². The van der Waals surface area contributed by atoms with Crippen molar-refractivity contribution >= 4 is 0 Å². The summed E-state index contributed by atoms with van der Waals surface area (Å²) < 4.78 is 5.74. The average molecular weight is 299 g/mol. The van der Waals surface area contributed by atoms with Crippen LogP contribution in [0.15, 0.2) is 42.7 Å². The number of aromatic hydroxyl groups is 1. The predicted octanol–water partition coefficient (Wildman–Crippen LogP) is 1.68. The molecule has 0 saturated carbocycles. The molecule has 5 nitrogen and oxygen atoms in total. The van der Waals surface area contributed by atoms with E-state index in [9.17, 15) is 5.11 Å². The first-order valence-electron chi connectivity index (χ1n) is 7.55. The van der Waals surface area contributed by atoms with Crippen molar-refractivity contribution in [1.29, 1.82) is 0 Å². The Morgan fingerprint density at radius 3 is 2.91 bits per heavy atom. The number of nitrogens with one attached hydrogen (secondary N) is 2. The molecule has 5 heteroatoms. The third-order valence-corrected chi connectivity index (χ3v) is 3.71. The molecule has 116 valence electrons. The Labute approximate surface area is 130 Å². The number of phenols is 1. The van der Waals surface area contributed by atoms with Crippen molar-refractivity contribution in [1.82, 2.24) is 15.6 Å². The van der Waals surface area contributed by atoms with E-state index in [-0.39, 0.29) is 5.75 Å². The lowest BCUT2D eigenvalue weighted by molar-refractivity contribution is 0.303. The Balaban J connectivity index is 1.54. The third-order valence-electron chi connectivity index (χ3n) is 3.71. The van der Waals surface area contributed by atoms with Crippen LogP contribution in [0.2, 0.25) is 0 Å². The normalized spacial score (nSPS) is 14.5. The monoisotopic (exact) mass is 299 g/mol. The van der Waals surface area contributed by atoms with Crippen molar-refractivity contribution < 1.29 is 9.84 Å². The van der Waals surface area contributed by atoms with Gasteiger partial charge in [-0.05, 0) is 29.7 Å². The van der Waals surface area contributed by atoms with Crippen LogP contribution in [0, 0.1) is 5.92 Å². The first-order valence-corrected chi connectivity index (χ1v) is 7.55. The van der Waals surface area contributed by atoms with E-state index >= 15 is 0 Å². The molecule has 0 bridgehead atoms. The second-order valence-corrected chi connectivity index (χ2v) is 5.64. The van der Waals surface area contributed by atoms with Gasteiger partial charge in [-0.3, -0.25) is 4.98 Å². The summed E-state index contributed by atoms with van der Waals surface area (Å²) in [5.74, 6) is 1.62. The van der Waals surface area contributed by atoms with Gasteiger partial charge in [-0.25, -0.2) is 0 Å². The quantitative estimate of drug-likeness (QED) is 0.726. The minimum atomic E-state index is 0.228. The van der Waals surface area contributed by atoms with Gasteiger partial charge in [0.1, 0.15) is 18.1 Å². The largest absolute Gasteiger partial charge is 0.508 e. The highest BCUT2D eigenvalue weighted by atomic mass is 16.5. The number of hydrogen-bond donors (Lipinski definition) is 3. The first kappa shape index (κ1) is 14.8. The highest BCUT2D eigenvalue weighted by molar-refractivity contribution is 5.37. The van der Waals surface area contributed by atoms with Crippen LogP contribution in [0.4, 0.5) is 0 Å². The van der Waals surface area contributed by atoms with Gasteiger partial charge in [0.25, 0.3) is 0 Å². The molecule has 2 heterocycles. The van der Waals surface area contributed by atoms with Crippen LogP contribution in [-0.4, -0.2) is 29.7 Å². The molecule has 0 spiro atoms. The molecule has 0 unspecified atom stereocenters. The van der Waals surface area contributed by atoms with E-state index in [4.69, 9.17) is 4.74 Å². The van der Waals surface area contributed by atoms with Crippen LogP contribution < -0.4 is 15.4 Å². The maximum absolute atomic E-state index is 9.83. The number of nitrogens with zero attached hydrogens (tertiary/aromatic N) is 1. The summed E-state index contributed by atoms with van der Waals surface area (Å²) in [5, 5.41) is 16.5. The van der Waals surface area contributed by atoms with Gasteiger partial charge in [0.05, 0.1) is 0 Å². The molecule has 2 aromatic rings. The fourth-order valence-corrected chi connectivity index (χ4v) is 2.39. The van der Waals surface area contributed by atoms with Gasteiger partial charge in [-0.2, -0.15) is 0 Å². The van der Waals surface area contributed by atoms with Gasteiger partial charge in [-0.1, -0.05) is 6.07 Å². The standard InChI is InChI=1S/C17H21N3O2/c21-16-4-14(8-19-9-15-10-20-11-15)5-17(6-16)22-12-13-2-1-3-18-7-13/h1-7,15,19-21H,8-12H2. The molecular formula is C17H21N3O2. The van der Waals surface area contributed by atoms with Gasteiger partial charge in [0, 0.05) is 50.2 Å². The van der Waals surface area contributed by atoms with E-state index in [2.05, 4.69) is 15.6 Å². The van der Waals surface area contributed by atoms with Crippen LogP contribution in [-0.2, 0) is 13.2 Å². The van der Waals surface area contributed by atoms with Crippen molar-refractivity contribution in [2.24, 2.45) is 5.92 Å². The Bertz CT molecular complexity index is 600. The summed E-state index contributed by atoms with van der Waals surface area (Å²) in [5.41, 5.74) is 2.02. The number of rotatable bonds is 7. The van der Waals surface area contributed by atoms with Crippen molar-refractivity contribution in [3.63, 3.8) is 0 Å². The van der Waals surface area contributed by atoms with Crippen molar-refractivity contribution in [2.75, 3.05) is 19.6 Å². The molecule has 3 rings (SSSR count). The highest BCUT2D eigenvalue weighted by Crippen LogP contribution is 2.22. The van der Waals surface area contributed by atoms with E-state index in [1.807, 2.05) is 18.2 Å². The Morgan fingerprint density at radius 1 is 1.27 bits per heavy atom. The first-order chi connectivity index (χ1) is 10.8. The van der Waals surface area contributed by atoms with Crippen LogP contribution in [0.3, 0.4) is 0 Å². The SMILES string of the molecule is Oc1cc(CNCC2CNC2)cc(OCc2cccnc2)c1. The zero-order valence-corrected chi connectivity index (χ0v) is 12.5. The van der Waals surface area contributed by atoms with Crippen LogP contribution >= 0.6 is 0 Å². The Kier molecular flexibility index (Phi) is 4.88. The number of aromatic nitrogens is 1.